The van der Waals surface area contributed by atoms with Gasteiger partial charge in [-0.3, -0.25) is 14.7 Å². The second-order valence-corrected chi connectivity index (χ2v) is 8.49. The number of aliphatic carboxylic acids is 2. The van der Waals surface area contributed by atoms with E-state index in [9.17, 15) is 31.1 Å². The molecular formula is C23H26F6N4O6. The Morgan fingerprint density at radius 3 is 2.15 bits per heavy atom. The highest BCUT2D eigenvalue weighted by Crippen LogP contribution is 2.30. The first-order valence-electron chi connectivity index (χ1n) is 11.4. The molecule has 1 amide bonds. The number of pyridine rings is 1. The molecule has 2 aliphatic rings. The van der Waals surface area contributed by atoms with Crippen LogP contribution in [-0.4, -0.2) is 86.2 Å². The number of nitrogens with one attached hydrogen (secondary N) is 1. The lowest BCUT2D eigenvalue weighted by Gasteiger charge is -2.32. The van der Waals surface area contributed by atoms with Crippen LogP contribution in [0.2, 0.25) is 0 Å². The molecule has 3 atom stereocenters. The lowest BCUT2D eigenvalue weighted by molar-refractivity contribution is -0.193. The van der Waals surface area contributed by atoms with E-state index in [2.05, 4.69) is 21.3 Å². The smallest absolute Gasteiger partial charge is 0.475 e. The van der Waals surface area contributed by atoms with Gasteiger partial charge >= 0.3 is 24.3 Å². The number of halogens is 6. The number of ether oxygens (including phenoxy) is 1. The number of rotatable bonds is 4. The summed E-state index contributed by atoms with van der Waals surface area (Å²) in [4.78, 5) is 37.2. The van der Waals surface area contributed by atoms with E-state index >= 15 is 0 Å². The Bertz CT molecular complexity index is 1080. The van der Waals surface area contributed by atoms with Crippen LogP contribution in [0.4, 0.5) is 26.3 Å². The van der Waals surface area contributed by atoms with Crippen molar-refractivity contribution in [1.29, 1.82) is 0 Å². The first-order valence-corrected chi connectivity index (χ1v) is 11.4. The van der Waals surface area contributed by atoms with E-state index in [1.54, 1.807) is 0 Å². The standard InChI is InChI=1S/C19H24N4O2.2C2HF3O2/c1-22-10-4-7-17(22)19(24)21-15-13-23(12-14-6-2-3-9-20-14)16-8-5-11-25-18(15)16;2*3-2(4,5)1(6)7/h2-4,6-7,9-10,15-16,18H,5,8,11-13H2,1H3,(H,21,24);2*(H,6,7)/t15-,16-,18-;;/m1../s1. The largest absolute Gasteiger partial charge is 0.490 e. The van der Waals surface area contributed by atoms with Gasteiger partial charge in [-0.05, 0) is 37.1 Å². The van der Waals surface area contributed by atoms with Crippen LogP contribution in [0.3, 0.4) is 0 Å². The summed E-state index contributed by atoms with van der Waals surface area (Å²) < 4.78 is 71.4. The highest BCUT2D eigenvalue weighted by atomic mass is 19.4. The van der Waals surface area contributed by atoms with Gasteiger partial charge in [0.1, 0.15) is 5.69 Å². The van der Waals surface area contributed by atoms with Crippen LogP contribution in [0.25, 0.3) is 0 Å². The molecule has 0 bridgehead atoms. The molecule has 2 aromatic heterocycles. The van der Waals surface area contributed by atoms with Gasteiger partial charge in [0.15, 0.2) is 0 Å². The van der Waals surface area contributed by atoms with Gasteiger partial charge in [-0.2, -0.15) is 26.3 Å². The summed E-state index contributed by atoms with van der Waals surface area (Å²) in [5.41, 5.74) is 1.73. The van der Waals surface area contributed by atoms with E-state index in [0.717, 1.165) is 38.2 Å². The Kier molecular flexibility index (Phi) is 10.9. The van der Waals surface area contributed by atoms with Crippen molar-refractivity contribution in [1.82, 2.24) is 19.8 Å². The molecule has 0 unspecified atom stereocenters. The van der Waals surface area contributed by atoms with Crippen LogP contribution in [0.1, 0.15) is 29.0 Å². The van der Waals surface area contributed by atoms with Gasteiger partial charge in [0.05, 0.1) is 17.8 Å². The molecule has 2 fully saturated rings. The number of likely N-dealkylation sites (tertiary alicyclic amines) is 1. The van der Waals surface area contributed by atoms with E-state index in [1.807, 2.05) is 48.3 Å². The van der Waals surface area contributed by atoms with Crippen molar-refractivity contribution in [3.8, 4) is 0 Å². The normalized spacial score (nSPS) is 20.9. The molecule has 0 aliphatic carbocycles. The highest BCUT2D eigenvalue weighted by Gasteiger charge is 2.44. The molecule has 39 heavy (non-hydrogen) atoms. The van der Waals surface area contributed by atoms with Gasteiger partial charge in [0.25, 0.3) is 5.91 Å². The maximum Gasteiger partial charge on any atom is 0.490 e. The third-order valence-corrected chi connectivity index (χ3v) is 5.70. The Balaban J connectivity index is 0.000000317. The van der Waals surface area contributed by atoms with Crippen molar-refractivity contribution in [2.24, 2.45) is 7.05 Å². The van der Waals surface area contributed by atoms with Gasteiger partial charge in [-0.15, -0.1) is 0 Å². The predicted molar refractivity (Wildman–Crippen MR) is 121 cm³/mol. The minimum absolute atomic E-state index is 0.0106. The number of fused-ring (bicyclic) bond motifs is 1. The summed E-state index contributed by atoms with van der Waals surface area (Å²) in [6, 6.07) is 10.1. The fraction of sp³-hybridized carbons (Fsp3) is 0.478. The molecule has 216 valence electrons. The van der Waals surface area contributed by atoms with Crippen molar-refractivity contribution < 1.29 is 55.7 Å². The number of carboxylic acid groups (broad SMARTS) is 2. The number of aryl methyl sites for hydroxylation is 1. The monoisotopic (exact) mass is 568 g/mol. The number of hydrogen-bond acceptors (Lipinski definition) is 6. The van der Waals surface area contributed by atoms with E-state index in [1.165, 1.54) is 0 Å². The van der Waals surface area contributed by atoms with Crippen LogP contribution in [0, 0.1) is 0 Å². The maximum absolute atomic E-state index is 12.6. The highest BCUT2D eigenvalue weighted by molar-refractivity contribution is 5.93. The van der Waals surface area contributed by atoms with E-state index in [-0.39, 0.29) is 18.1 Å². The number of hydrogen-bond donors (Lipinski definition) is 3. The molecule has 2 saturated heterocycles. The van der Waals surface area contributed by atoms with E-state index in [0.29, 0.717) is 11.7 Å². The Hall–Kier alpha value is -3.66. The van der Waals surface area contributed by atoms with Gasteiger partial charge in [0, 0.05) is 45.2 Å². The SMILES string of the molecule is Cn1cccc1C(=O)N[C@@H]1CN(Cc2ccccn2)[C@@H]2CCCO[C@@H]21.O=C(O)C(F)(F)F.O=C(O)C(F)(F)F. The van der Waals surface area contributed by atoms with Crippen molar-refractivity contribution >= 4 is 17.8 Å². The van der Waals surface area contributed by atoms with Gasteiger partial charge < -0.3 is 24.8 Å². The van der Waals surface area contributed by atoms with E-state index < -0.39 is 24.3 Å². The number of carbonyl (C=O) groups excluding carboxylic acids is 1. The molecule has 3 N–H and O–H groups in total. The molecule has 2 aromatic rings. The summed E-state index contributed by atoms with van der Waals surface area (Å²) in [5, 5.41) is 17.4. The zero-order valence-electron chi connectivity index (χ0n) is 20.4. The van der Waals surface area contributed by atoms with Crippen molar-refractivity contribution in [3.63, 3.8) is 0 Å². The molecule has 16 heteroatoms. The quantitative estimate of drug-likeness (QED) is 0.480. The topological polar surface area (TPSA) is 134 Å². The number of amides is 1. The zero-order chi connectivity index (χ0) is 29.4. The minimum Gasteiger partial charge on any atom is -0.475 e. The Labute approximate surface area is 218 Å². The summed E-state index contributed by atoms with van der Waals surface area (Å²) in [6.45, 7) is 2.36. The summed E-state index contributed by atoms with van der Waals surface area (Å²) in [6.07, 6.45) is -4.22. The average Bonchev–Trinajstić information content (AvgIpc) is 3.43. The van der Waals surface area contributed by atoms with Crippen molar-refractivity contribution in [2.75, 3.05) is 13.2 Å². The fourth-order valence-electron chi connectivity index (χ4n) is 4.00. The van der Waals surface area contributed by atoms with Gasteiger partial charge in [0.2, 0.25) is 0 Å². The molecule has 4 heterocycles. The van der Waals surface area contributed by atoms with Crippen LogP contribution in [-0.2, 0) is 27.9 Å². The number of alkyl halides is 6. The average molecular weight is 568 g/mol. The van der Waals surface area contributed by atoms with Crippen molar-refractivity contribution in [2.45, 2.75) is 49.9 Å². The van der Waals surface area contributed by atoms with Crippen molar-refractivity contribution in [3.05, 3.63) is 54.1 Å². The molecule has 0 spiro atoms. The fourth-order valence-corrected chi connectivity index (χ4v) is 4.00. The van der Waals surface area contributed by atoms with Gasteiger partial charge in [-0.1, -0.05) is 6.07 Å². The summed E-state index contributed by atoms with van der Waals surface area (Å²) >= 11 is 0. The number of carbonyl (C=O) groups is 3. The summed E-state index contributed by atoms with van der Waals surface area (Å²) in [5.74, 6) is -5.55. The third-order valence-electron chi connectivity index (χ3n) is 5.70. The van der Waals surface area contributed by atoms with Crippen LogP contribution >= 0.6 is 0 Å². The number of aromatic nitrogens is 2. The molecule has 0 saturated carbocycles. The molecule has 2 aliphatic heterocycles. The van der Waals surface area contributed by atoms with Crippen LogP contribution in [0.15, 0.2) is 42.7 Å². The second-order valence-electron chi connectivity index (χ2n) is 8.49. The summed E-state index contributed by atoms with van der Waals surface area (Å²) in [7, 11) is 1.89. The van der Waals surface area contributed by atoms with Crippen LogP contribution in [0.5, 0.6) is 0 Å². The van der Waals surface area contributed by atoms with E-state index in [4.69, 9.17) is 24.5 Å². The first kappa shape index (κ1) is 31.6. The molecule has 0 aromatic carbocycles. The zero-order valence-corrected chi connectivity index (χ0v) is 20.4. The van der Waals surface area contributed by atoms with Gasteiger partial charge in [-0.25, -0.2) is 9.59 Å². The van der Waals surface area contributed by atoms with Crippen LogP contribution < -0.4 is 5.32 Å². The molecule has 4 rings (SSSR count). The second kappa shape index (κ2) is 13.4. The Morgan fingerprint density at radius 2 is 1.67 bits per heavy atom. The first-order chi connectivity index (χ1) is 18.1. The molecular weight excluding hydrogens is 542 g/mol. The number of carboxylic acids is 2. The Morgan fingerprint density at radius 1 is 1.05 bits per heavy atom. The molecule has 0 radical (unpaired) electrons. The lowest BCUT2D eigenvalue weighted by atomic mass is 10.0. The predicted octanol–water partition coefficient (Wildman–Crippen LogP) is 2.85. The third kappa shape index (κ3) is 9.55. The number of nitrogens with zero attached hydrogens (tertiary/aromatic N) is 3. The molecule has 10 nitrogen and oxygen atoms in total. The maximum atomic E-state index is 12.6. The minimum atomic E-state index is -5.08. The lowest BCUT2D eigenvalue weighted by Crippen LogP contribution is -2.47.